The first kappa shape index (κ1) is 23.6. The molecule has 0 aliphatic carbocycles. The molecule has 1 saturated heterocycles. The summed E-state index contributed by atoms with van der Waals surface area (Å²) in [6, 6.07) is 17.9. The van der Waals surface area contributed by atoms with Crippen molar-refractivity contribution in [1.29, 1.82) is 0 Å². The summed E-state index contributed by atoms with van der Waals surface area (Å²) in [6.45, 7) is 3.00. The van der Waals surface area contributed by atoms with Crippen molar-refractivity contribution in [3.05, 3.63) is 93.8 Å². The Bertz CT molecular complexity index is 1280. The number of nitro groups is 1. The lowest BCUT2D eigenvalue weighted by molar-refractivity contribution is -0.384. The zero-order valence-electron chi connectivity index (χ0n) is 19.4. The van der Waals surface area contributed by atoms with Gasteiger partial charge in [-0.1, -0.05) is 24.3 Å². The van der Waals surface area contributed by atoms with Gasteiger partial charge in [-0.3, -0.25) is 19.8 Å². The van der Waals surface area contributed by atoms with E-state index in [0.717, 1.165) is 5.56 Å². The monoisotopic (exact) mass is 492 g/mol. The number of benzene rings is 3. The number of nitro benzene ring substituents is 1. The third-order valence-corrected chi connectivity index (χ3v) is 6.50. The van der Waals surface area contributed by atoms with E-state index in [0.29, 0.717) is 43.4 Å². The lowest BCUT2D eigenvalue weighted by atomic mass is 10.0. The van der Waals surface area contributed by atoms with E-state index in [4.69, 9.17) is 9.47 Å². The normalized spacial score (nSPS) is 16.0. The van der Waals surface area contributed by atoms with Crippen molar-refractivity contribution in [2.75, 3.05) is 44.4 Å². The molecule has 2 aliphatic rings. The molecule has 36 heavy (non-hydrogen) atoms. The molecule has 3 aromatic carbocycles. The van der Waals surface area contributed by atoms with Crippen molar-refractivity contribution in [3.63, 3.8) is 0 Å². The van der Waals surface area contributed by atoms with Crippen molar-refractivity contribution in [2.45, 2.75) is 6.04 Å². The van der Waals surface area contributed by atoms with Crippen LogP contribution in [0.15, 0.2) is 66.7 Å². The minimum atomic E-state index is -0.527. The van der Waals surface area contributed by atoms with E-state index in [1.807, 2.05) is 29.2 Å². The van der Waals surface area contributed by atoms with Crippen molar-refractivity contribution in [3.8, 4) is 11.5 Å². The predicted molar refractivity (Wildman–Crippen MR) is 131 cm³/mol. The van der Waals surface area contributed by atoms with Crippen LogP contribution in [-0.2, 0) is 0 Å². The zero-order valence-corrected chi connectivity index (χ0v) is 19.4. The Morgan fingerprint density at radius 2 is 1.78 bits per heavy atom. The van der Waals surface area contributed by atoms with E-state index >= 15 is 0 Å². The van der Waals surface area contributed by atoms with Crippen LogP contribution in [0.2, 0.25) is 0 Å². The van der Waals surface area contributed by atoms with Crippen LogP contribution in [0.4, 0.5) is 15.8 Å². The van der Waals surface area contributed by atoms with Gasteiger partial charge in [0.05, 0.1) is 16.7 Å². The topological polar surface area (TPSA) is 97.2 Å². The van der Waals surface area contributed by atoms with Gasteiger partial charge in [0.15, 0.2) is 11.5 Å². The highest BCUT2D eigenvalue weighted by atomic mass is 19.1. The first-order valence-electron chi connectivity index (χ1n) is 11.7. The summed E-state index contributed by atoms with van der Waals surface area (Å²) in [4.78, 5) is 27.7. The number of fused-ring (bicyclic) bond motifs is 1. The molecule has 0 radical (unpaired) electrons. The van der Waals surface area contributed by atoms with E-state index in [1.165, 1.54) is 24.3 Å². The second-order valence-corrected chi connectivity index (χ2v) is 8.62. The Morgan fingerprint density at radius 1 is 1.00 bits per heavy atom. The number of hydrogen-bond acceptors (Lipinski definition) is 7. The fourth-order valence-corrected chi connectivity index (χ4v) is 4.61. The predicted octanol–water partition coefficient (Wildman–Crippen LogP) is 3.76. The number of piperazine rings is 1. The maximum Gasteiger partial charge on any atom is 0.270 e. The minimum absolute atomic E-state index is 0.140. The molecule has 1 fully saturated rings. The number of carbonyl (C=O) groups excluding carboxylic acids is 1. The van der Waals surface area contributed by atoms with Crippen LogP contribution >= 0.6 is 0 Å². The largest absolute Gasteiger partial charge is 0.454 e. The van der Waals surface area contributed by atoms with Gasteiger partial charge < -0.3 is 19.7 Å². The number of halogens is 1. The molecule has 1 atom stereocenters. The molecule has 1 N–H and O–H groups in total. The molecule has 5 rings (SSSR count). The van der Waals surface area contributed by atoms with Crippen LogP contribution in [0.3, 0.4) is 0 Å². The van der Waals surface area contributed by atoms with Gasteiger partial charge in [-0.2, -0.15) is 0 Å². The van der Waals surface area contributed by atoms with E-state index in [9.17, 15) is 19.3 Å². The number of ether oxygens (including phenoxy) is 2. The van der Waals surface area contributed by atoms with Crippen LogP contribution in [-0.4, -0.2) is 55.2 Å². The Labute approximate surface area is 207 Å². The smallest absolute Gasteiger partial charge is 0.270 e. The maximum atomic E-state index is 14.3. The van der Waals surface area contributed by atoms with Crippen molar-refractivity contribution in [1.82, 2.24) is 10.2 Å². The number of hydrogen-bond donors (Lipinski definition) is 1. The average molecular weight is 493 g/mol. The highest BCUT2D eigenvalue weighted by Gasteiger charge is 2.28. The molecular weight excluding hydrogens is 467 g/mol. The van der Waals surface area contributed by atoms with Gasteiger partial charge >= 0.3 is 0 Å². The lowest BCUT2D eigenvalue weighted by Crippen LogP contribution is -2.50. The standard InChI is InChI=1S/C26H25FN4O5/c27-21-6-1-2-7-22(21)29-10-12-30(13-11-29)23(18-8-9-24-25(15-18)36-17-35-24)16-28-26(32)19-4-3-5-20(14-19)31(33)34/h1-9,14-15,23H,10-13,16-17H2,(H,28,32). The average Bonchev–Trinajstić information content (AvgIpc) is 3.38. The Kier molecular flexibility index (Phi) is 6.68. The molecule has 10 heteroatoms. The fourth-order valence-electron chi connectivity index (χ4n) is 4.61. The number of rotatable bonds is 7. The summed E-state index contributed by atoms with van der Waals surface area (Å²) in [7, 11) is 0. The number of non-ortho nitro benzene ring substituents is 1. The second-order valence-electron chi connectivity index (χ2n) is 8.62. The van der Waals surface area contributed by atoms with Crippen molar-refractivity contribution < 1.29 is 23.6 Å². The number of nitrogens with zero attached hydrogens (tertiary/aromatic N) is 3. The molecule has 0 spiro atoms. The van der Waals surface area contributed by atoms with E-state index in [2.05, 4.69) is 10.2 Å². The maximum absolute atomic E-state index is 14.3. The minimum Gasteiger partial charge on any atom is -0.454 e. The molecule has 9 nitrogen and oxygen atoms in total. The molecule has 0 bridgehead atoms. The Hall–Kier alpha value is -4.18. The van der Waals surface area contributed by atoms with Gasteiger partial charge in [0, 0.05) is 50.4 Å². The number of amides is 1. The van der Waals surface area contributed by atoms with E-state index in [1.54, 1.807) is 18.2 Å². The summed E-state index contributed by atoms with van der Waals surface area (Å²) in [5.41, 5.74) is 1.60. The highest BCUT2D eigenvalue weighted by Crippen LogP contribution is 2.36. The summed E-state index contributed by atoms with van der Waals surface area (Å²) in [5.74, 6) is 0.673. The molecule has 1 unspecified atom stereocenters. The molecule has 3 aromatic rings. The van der Waals surface area contributed by atoms with Crippen LogP contribution in [0.1, 0.15) is 22.0 Å². The Morgan fingerprint density at radius 3 is 2.56 bits per heavy atom. The van der Waals surface area contributed by atoms with Gasteiger partial charge in [-0.25, -0.2) is 4.39 Å². The Balaban J connectivity index is 1.33. The van der Waals surface area contributed by atoms with Crippen LogP contribution in [0.5, 0.6) is 11.5 Å². The summed E-state index contributed by atoms with van der Waals surface area (Å²) < 4.78 is 25.3. The van der Waals surface area contributed by atoms with Crippen LogP contribution in [0.25, 0.3) is 0 Å². The third-order valence-electron chi connectivity index (χ3n) is 6.50. The molecular formula is C26H25FN4O5. The van der Waals surface area contributed by atoms with E-state index in [-0.39, 0.29) is 36.4 Å². The quantitative estimate of drug-likeness (QED) is 0.396. The first-order valence-corrected chi connectivity index (χ1v) is 11.7. The highest BCUT2D eigenvalue weighted by molar-refractivity contribution is 5.94. The van der Waals surface area contributed by atoms with Crippen molar-refractivity contribution in [2.24, 2.45) is 0 Å². The van der Waals surface area contributed by atoms with Crippen molar-refractivity contribution >= 4 is 17.3 Å². The molecule has 0 saturated carbocycles. The fraction of sp³-hybridized carbons (Fsp3) is 0.269. The van der Waals surface area contributed by atoms with E-state index < -0.39 is 10.8 Å². The second kappa shape index (κ2) is 10.2. The van der Waals surface area contributed by atoms with Gasteiger partial charge in [0.1, 0.15) is 5.82 Å². The SMILES string of the molecule is O=C(NCC(c1ccc2c(c1)OCO2)N1CCN(c2ccccc2F)CC1)c1cccc([N+](=O)[O-])c1. The molecule has 186 valence electrons. The number of nitrogens with one attached hydrogen (secondary N) is 1. The molecule has 0 aromatic heterocycles. The molecule has 2 aliphatic heterocycles. The van der Waals surface area contributed by atoms with Crippen LogP contribution in [0, 0.1) is 15.9 Å². The lowest BCUT2D eigenvalue weighted by Gasteiger charge is -2.40. The number of carbonyl (C=O) groups is 1. The third kappa shape index (κ3) is 4.94. The van der Waals surface area contributed by atoms with Crippen LogP contribution < -0.4 is 19.7 Å². The van der Waals surface area contributed by atoms with Gasteiger partial charge in [0.2, 0.25) is 6.79 Å². The zero-order chi connectivity index (χ0) is 25.1. The first-order chi connectivity index (χ1) is 17.5. The molecule has 1 amide bonds. The van der Waals surface area contributed by atoms with Gasteiger partial charge in [-0.05, 0) is 35.9 Å². The summed E-state index contributed by atoms with van der Waals surface area (Å²) >= 11 is 0. The summed E-state index contributed by atoms with van der Waals surface area (Å²) in [6.07, 6.45) is 0. The number of anilines is 1. The summed E-state index contributed by atoms with van der Waals surface area (Å²) in [5, 5.41) is 14.0. The molecule has 2 heterocycles. The van der Waals surface area contributed by atoms with Gasteiger partial charge in [-0.15, -0.1) is 0 Å². The number of para-hydroxylation sites is 1. The van der Waals surface area contributed by atoms with Gasteiger partial charge in [0.25, 0.3) is 11.6 Å².